The molecule has 1 aromatic rings. The first-order valence-electron chi connectivity index (χ1n) is 6.97. The van der Waals surface area contributed by atoms with Crippen molar-refractivity contribution in [2.45, 2.75) is 12.2 Å². The van der Waals surface area contributed by atoms with Gasteiger partial charge in [0.05, 0.1) is 0 Å². The summed E-state index contributed by atoms with van der Waals surface area (Å²) in [7, 11) is 3.27. The van der Waals surface area contributed by atoms with Crippen LogP contribution in [-0.2, 0) is 9.47 Å². The average Bonchev–Trinajstić information content (AvgIpc) is 2.97. The van der Waals surface area contributed by atoms with Crippen molar-refractivity contribution in [3.63, 3.8) is 0 Å². The predicted molar refractivity (Wildman–Crippen MR) is 74.9 cm³/mol. The standard InChI is InChI=1S/C15H19NO5/c1-18-13-8-16(9-14(13)19-2)15(17)10-3-4-11-12(7-10)21-6-5-20-11/h3-4,7,13-14H,5-6,8-9H2,1-2H3/t13-,14-/m1/s1. The number of fused-ring (bicyclic) bond motifs is 1. The van der Waals surface area contributed by atoms with Crippen molar-refractivity contribution in [2.24, 2.45) is 0 Å². The van der Waals surface area contributed by atoms with Crippen molar-refractivity contribution < 1.29 is 23.7 Å². The van der Waals surface area contributed by atoms with Crippen LogP contribution in [0, 0.1) is 0 Å². The number of amides is 1. The lowest BCUT2D eigenvalue weighted by molar-refractivity contribution is -0.00461. The van der Waals surface area contributed by atoms with E-state index in [1.54, 1.807) is 37.3 Å². The highest BCUT2D eigenvalue weighted by Crippen LogP contribution is 2.31. The number of carbonyl (C=O) groups is 1. The van der Waals surface area contributed by atoms with E-state index in [2.05, 4.69) is 0 Å². The van der Waals surface area contributed by atoms with E-state index in [0.29, 0.717) is 43.4 Å². The number of rotatable bonds is 3. The molecule has 114 valence electrons. The van der Waals surface area contributed by atoms with E-state index in [0.717, 1.165) is 0 Å². The second kappa shape index (κ2) is 5.91. The highest BCUT2D eigenvalue weighted by molar-refractivity contribution is 5.95. The third-order valence-electron chi connectivity index (χ3n) is 3.90. The summed E-state index contributed by atoms with van der Waals surface area (Å²) in [6.45, 7) is 2.11. The first-order chi connectivity index (χ1) is 10.2. The number of hydrogen-bond donors (Lipinski definition) is 0. The Morgan fingerprint density at radius 1 is 1.10 bits per heavy atom. The summed E-state index contributed by atoms with van der Waals surface area (Å²) in [5.74, 6) is 1.26. The van der Waals surface area contributed by atoms with Gasteiger partial charge in [-0.3, -0.25) is 4.79 Å². The summed E-state index contributed by atoms with van der Waals surface area (Å²) in [6.07, 6.45) is -0.174. The SMILES string of the molecule is CO[C@@H]1CN(C(=O)c2ccc3c(c2)OCCO3)C[C@H]1OC. The molecule has 2 aliphatic rings. The fourth-order valence-electron chi connectivity index (χ4n) is 2.72. The van der Waals surface area contributed by atoms with Gasteiger partial charge in [0.1, 0.15) is 25.4 Å². The maximum absolute atomic E-state index is 12.6. The monoisotopic (exact) mass is 293 g/mol. The minimum atomic E-state index is -0.0869. The highest BCUT2D eigenvalue weighted by atomic mass is 16.6. The van der Waals surface area contributed by atoms with Crippen molar-refractivity contribution >= 4 is 5.91 Å². The summed E-state index contributed by atoms with van der Waals surface area (Å²) in [6, 6.07) is 5.27. The lowest BCUT2D eigenvalue weighted by Crippen LogP contribution is -2.30. The van der Waals surface area contributed by atoms with Crippen LogP contribution in [0.15, 0.2) is 18.2 Å². The van der Waals surface area contributed by atoms with Crippen molar-refractivity contribution in [2.75, 3.05) is 40.5 Å². The molecule has 0 spiro atoms. The van der Waals surface area contributed by atoms with Gasteiger partial charge in [0, 0.05) is 32.9 Å². The predicted octanol–water partition coefficient (Wildman–Crippen LogP) is 0.944. The molecule has 3 rings (SSSR count). The molecule has 1 saturated heterocycles. The van der Waals surface area contributed by atoms with Gasteiger partial charge in [-0.15, -0.1) is 0 Å². The molecule has 2 heterocycles. The Morgan fingerprint density at radius 3 is 2.33 bits per heavy atom. The van der Waals surface area contributed by atoms with Gasteiger partial charge in [-0.25, -0.2) is 0 Å². The molecular weight excluding hydrogens is 274 g/mol. The Kier molecular flexibility index (Phi) is 3.98. The molecule has 1 amide bonds. The van der Waals surface area contributed by atoms with Gasteiger partial charge < -0.3 is 23.8 Å². The molecule has 0 bridgehead atoms. The smallest absolute Gasteiger partial charge is 0.254 e. The molecule has 2 atom stereocenters. The Morgan fingerprint density at radius 2 is 1.71 bits per heavy atom. The number of nitrogens with zero attached hydrogens (tertiary/aromatic N) is 1. The lowest BCUT2D eigenvalue weighted by atomic mass is 10.1. The van der Waals surface area contributed by atoms with Gasteiger partial charge >= 0.3 is 0 Å². The largest absolute Gasteiger partial charge is 0.486 e. The van der Waals surface area contributed by atoms with Crippen LogP contribution in [0.1, 0.15) is 10.4 Å². The van der Waals surface area contributed by atoms with Gasteiger partial charge in [-0.05, 0) is 18.2 Å². The molecule has 21 heavy (non-hydrogen) atoms. The first-order valence-corrected chi connectivity index (χ1v) is 6.97. The molecule has 0 radical (unpaired) electrons. The highest BCUT2D eigenvalue weighted by Gasteiger charge is 2.36. The van der Waals surface area contributed by atoms with E-state index in [1.807, 2.05) is 0 Å². The zero-order valence-corrected chi connectivity index (χ0v) is 12.2. The third kappa shape index (κ3) is 2.69. The molecule has 1 aromatic carbocycles. The van der Waals surface area contributed by atoms with Crippen LogP contribution in [0.2, 0.25) is 0 Å². The molecule has 0 unspecified atom stereocenters. The topological polar surface area (TPSA) is 57.2 Å². The van der Waals surface area contributed by atoms with Gasteiger partial charge in [0.15, 0.2) is 11.5 Å². The van der Waals surface area contributed by atoms with Crippen LogP contribution in [0.25, 0.3) is 0 Å². The number of ether oxygens (including phenoxy) is 4. The van der Waals surface area contributed by atoms with E-state index >= 15 is 0 Å². The van der Waals surface area contributed by atoms with Crippen molar-refractivity contribution in [3.8, 4) is 11.5 Å². The number of likely N-dealkylation sites (tertiary alicyclic amines) is 1. The minimum absolute atomic E-state index is 0.0476. The molecule has 0 aliphatic carbocycles. The van der Waals surface area contributed by atoms with Crippen LogP contribution >= 0.6 is 0 Å². The molecule has 1 fully saturated rings. The number of benzene rings is 1. The zero-order chi connectivity index (χ0) is 14.8. The van der Waals surface area contributed by atoms with E-state index in [4.69, 9.17) is 18.9 Å². The number of hydrogen-bond acceptors (Lipinski definition) is 5. The summed E-state index contributed by atoms with van der Waals surface area (Å²) >= 11 is 0. The summed E-state index contributed by atoms with van der Waals surface area (Å²) < 4.78 is 21.7. The second-order valence-electron chi connectivity index (χ2n) is 5.12. The van der Waals surface area contributed by atoms with E-state index in [-0.39, 0.29) is 18.1 Å². The fraction of sp³-hybridized carbons (Fsp3) is 0.533. The van der Waals surface area contributed by atoms with Gasteiger partial charge in [0.2, 0.25) is 0 Å². The van der Waals surface area contributed by atoms with Crippen molar-refractivity contribution in [1.82, 2.24) is 4.90 Å². The fourth-order valence-corrected chi connectivity index (χ4v) is 2.72. The molecule has 2 aliphatic heterocycles. The van der Waals surface area contributed by atoms with E-state index < -0.39 is 0 Å². The Balaban J connectivity index is 1.76. The molecule has 6 nitrogen and oxygen atoms in total. The van der Waals surface area contributed by atoms with Crippen molar-refractivity contribution in [3.05, 3.63) is 23.8 Å². The minimum Gasteiger partial charge on any atom is -0.486 e. The third-order valence-corrected chi connectivity index (χ3v) is 3.90. The van der Waals surface area contributed by atoms with Crippen LogP contribution in [0.3, 0.4) is 0 Å². The van der Waals surface area contributed by atoms with Crippen LogP contribution in [0.5, 0.6) is 11.5 Å². The van der Waals surface area contributed by atoms with Crippen LogP contribution in [0.4, 0.5) is 0 Å². The number of carbonyl (C=O) groups excluding carboxylic acids is 1. The average molecular weight is 293 g/mol. The Hall–Kier alpha value is -1.79. The molecule has 0 aromatic heterocycles. The molecule has 0 saturated carbocycles. The van der Waals surface area contributed by atoms with Crippen LogP contribution in [-0.4, -0.2) is 63.5 Å². The van der Waals surface area contributed by atoms with Gasteiger partial charge in [-0.1, -0.05) is 0 Å². The molecular formula is C15H19NO5. The zero-order valence-electron chi connectivity index (χ0n) is 12.2. The van der Waals surface area contributed by atoms with Gasteiger partial charge in [-0.2, -0.15) is 0 Å². The maximum Gasteiger partial charge on any atom is 0.254 e. The summed E-state index contributed by atoms with van der Waals surface area (Å²) in [4.78, 5) is 14.3. The summed E-state index contributed by atoms with van der Waals surface area (Å²) in [5, 5.41) is 0. The lowest BCUT2D eigenvalue weighted by Gasteiger charge is -2.20. The quantitative estimate of drug-likeness (QED) is 0.830. The molecule has 0 N–H and O–H groups in total. The Labute approximate surface area is 123 Å². The summed E-state index contributed by atoms with van der Waals surface area (Å²) in [5.41, 5.74) is 0.589. The van der Waals surface area contributed by atoms with Gasteiger partial charge in [0.25, 0.3) is 5.91 Å². The van der Waals surface area contributed by atoms with E-state index in [1.165, 1.54) is 0 Å². The maximum atomic E-state index is 12.6. The first kappa shape index (κ1) is 14.2. The van der Waals surface area contributed by atoms with Crippen LogP contribution < -0.4 is 9.47 Å². The molecule has 6 heteroatoms. The second-order valence-corrected chi connectivity index (χ2v) is 5.12. The Bertz CT molecular complexity index is 521. The normalized spacial score (nSPS) is 24.2. The van der Waals surface area contributed by atoms with Crippen molar-refractivity contribution in [1.29, 1.82) is 0 Å². The number of methoxy groups -OCH3 is 2. The van der Waals surface area contributed by atoms with E-state index in [9.17, 15) is 4.79 Å².